The zero-order chi connectivity index (χ0) is 15.5. The van der Waals surface area contributed by atoms with Gasteiger partial charge in [0.2, 0.25) is 0 Å². The molecule has 1 heterocycles. The van der Waals surface area contributed by atoms with Crippen LogP contribution >= 0.6 is 0 Å². The van der Waals surface area contributed by atoms with Crippen molar-refractivity contribution in [1.29, 1.82) is 0 Å². The van der Waals surface area contributed by atoms with Crippen molar-refractivity contribution in [3.63, 3.8) is 0 Å². The lowest BCUT2D eigenvalue weighted by Gasteiger charge is -2.44. The first-order valence-electron chi connectivity index (χ1n) is 6.95. The zero-order valence-corrected chi connectivity index (χ0v) is 11.7. The average Bonchev–Trinajstić information content (AvgIpc) is 2.47. The van der Waals surface area contributed by atoms with Gasteiger partial charge in [-0.05, 0) is 30.9 Å². The number of nitrogens with zero attached hydrogens (tertiary/aromatic N) is 1. The average molecular weight is 292 g/mol. The third kappa shape index (κ3) is 3.00. The highest BCUT2D eigenvalue weighted by Gasteiger charge is 2.50. The Hall–Kier alpha value is -2.08. The Balaban J connectivity index is 2.36. The maximum absolute atomic E-state index is 11.9. The minimum Gasteiger partial charge on any atom is -0.481 e. The lowest BCUT2D eigenvalue weighted by Crippen LogP contribution is -2.57. The number of carboxylic acids is 1. The Bertz CT molecular complexity index is 520. The normalized spacial score (nSPS) is 25.6. The second-order valence-corrected chi connectivity index (χ2v) is 5.55. The first kappa shape index (κ1) is 15.3. The minimum atomic E-state index is -1.16. The molecule has 1 aromatic carbocycles. The summed E-state index contributed by atoms with van der Waals surface area (Å²) >= 11 is 0. The molecule has 2 atom stereocenters. The smallest absolute Gasteiger partial charge is 0.407 e. The van der Waals surface area contributed by atoms with E-state index < -0.39 is 17.5 Å². The van der Waals surface area contributed by atoms with Gasteiger partial charge in [-0.15, -0.1) is 0 Å². The second-order valence-electron chi connectivity index (χ2n) is 5.55. The molecule has 1 aliphatic heterocycles. The summed E-state index contributed by atoms with van der Waals surface area (Å²) in [7, 11) is 0. The number of nitrogens with two attached hydrogens (primary N) is 1. The summed E-state index contributed by atoms with van der Waals surface area (Å²) in [5, 5.41) is 19.0. The van der Waals surface area contributed by atoms with Crippen LogP contribution in [0.25, 0.3) is 0 Å². The molecule has 0 saturated carbocycles. The molecule has 6 heteroatoms. The van der Waals surface area contributed by atoms with Crippen molar-refractivity contribution in [2.24, 2.45) is 17.1 Å². The first-order valence-corrected chi connectivity index (χ1v) is 6.95. The molecule has 21 heavy (non-hydrogen) atoms. The van der Waals surface area contributed by atoms with Gasteiger partial charge in [0.05, 0.1) is 5.41 Å². The Morgan fingerprint density at radius 2 is 1.95 bits per heavy atom. The van der Waals surface area contributed by atoms with Gasteiger partial charge < -0.3 is 20.8 Å². The van der Waals surface area contributed by atoms with Crippen LogP contribution in [0.1, 0.15) is 12.0 Å². The van der Waals surface area contributed by atoms with E-state index >= 15 is 0 Å². The van der Waals surface area contributed by atoms with E-state index in [1.54, 1.807) is 0 Å². The number of piperidine rings is 1. The van der Waals surface area contributed by atoms with E-state index in [-0.39, 0.29) is 25.4 Å². The molecule has 0 radical (unpaired) electrons. The number of aliphatic carboxylic acids is 1. The maximum atomic E-state index is 11.9. The van der Waals surface area contributed by atoms with Crippen LogP contribution in [0.15, 0.2) is 30.3 Å². The summed E-state index contributed by atoms with van der Waals surface area (Å²) in [5.41, 5.74) is 5.48. The number of rotatable bonds is 4. The monoisotopic (exact) mass is 292 g/mol. The quantitative estimate of drug-likeness (QED) is 0.775. The van der Waals surface area contributed by atoms with E-state index in [1.165, 1.54) is 4.90 Å². The van der Waals surface area contributed by atoms with E-state index in [9.17, 15) is 19.8 Å². The van der Waals surface area contributed by atoms with Crippen molar-refractivity contribution < 1.29 is 19.8 Å². The minimum absolute atomic E-state index is 0.0194. The number of benzene rings is 1. The molecule has 1 saturated heterocycles. The topological polar surface area (TPSA) is 104 Å². The molecule has 1 aliphatic rings. The first-order chi connectivity index (χ1) is 9.99. The second kappa shape index (κ2) is 6.13. The van der Waals surface area contributed by atoms with E-state index in [1.807, 2.05) is 30.3 Å². The molecule has 2 rings (SSSR count). The highest BCUT2D eigenvalue weighted by Crippen LogP contribution is 2.38. The molecule has 0 aromatic heterocycles. The lowest BCUT2D eigenvalue weighted by molar-refractivity contribution is -0.156. The summed E-state index contributed by atoms with van der Waals surface area (Å²) in [4.78, 5) is 24.3. The van der Waals surface area contributed by atoms with Crippen molar-refractivity contribution in [2.45, 2.75) is 12.8 Å². The molecule has 6 nitrogen and oxygen atoms in total. The van der Waals surface area contributed by atoms with Crippen molar-refractivity contribution in [2.75, 3.05) is 19.6 Å². The Labute approximate surface area is 123 Å². The van der Waals surface area contributed by atoms with Gasteiger partial charge in [-0.2, -0.15) is 0 Å². The molecule has 1 amide bonds. The van der Waals surface area contributed by atoms with Crippen molar-refractivity contribution >= 4 is 12.1 Å². The molecular weight excluding hydrogens is 272 g/mol. The van der Waals surface area contributed by atoms with Crippen LogP contribution in [0.2, 0.25) is 0 Å². The van der Waals surface area contributed by atoms with E-state index in [4.69, 9.17) is 5.73 Å². The molecule has 1 fully saturated rings. The van der Waals surface area contributed by atoms with Crippen LogP contribution in [0.3, 0.4) is 0 Å². The molecule has 4 N–H and O–H groups in total. The summed E-state index contributed by atoms with van der Waals surface area (Å²) in [6, 6.07) is 9.28. The van der Waals surface area contributed by atoms with Crippen LogP contribution in [-0.4, -0.2) is 46.8 Å². The summed E-state index contributed by atoms with van der Waals surface area (Å²) in [6.45, 7) is 0.558. The van der Waals surface area contributed by atoms with Crippen LogP contribution in [-0.2, 0) is 11.2 Å². The van der Waals surface area contributed by atoms with Gasteiger partial charge >= 0.3 is 12.1 Å². The predicted molar refractivity (Wildman–Crippen MR) is 77.0 cm³/mol. The third-order valence-corrected chi connectivity index (χ3v) is 4.35. The maximum Gasteiger partial charge on any atom is 0.407 e. The molecule has 0 aliphatic carbocycles. The SMILES string of the molecule is NCC1CCN(C(=O)O)CC1(Cc1ccccc1)C(=O)O. The van der Waals surface area contributed by atoms with Gasteiger partial charge in [-0.25, -0.2) is 4.79 Å². The summed E-state index contributed by atoms with van der Waals surface area (Å²) in [6.07, 6.45) is -0.319. The van der Waals surface area contributed by atoms with Gasteiger partial charge in [-0.1, -0.05) is 30.3 Å². The lowest BCUT2D eigenvalue weighted by atomic mass is 9.67. The van der Waals surface area contributed by atoms with Crippen LogP contribution in [0, 0.1) is 11.3 Å². The van der Waals surface area contributed by atoms with E-state index in [2.05, 4.69) is 0 Å². The van der Waals surface area contributed by atoms with Crippen molar-refractivity contribution in [1.82, 2.24) is 4.90 Å². The fourth-order valence-electron chi connectivity index (χ4n) is 3.12. The van der Waals surface area contributed by atoms with Gasteiger partial charge in [0.15, 0.2) is 0 Å². The van der Waals surface area contributed by atoms with Crippen LogP contribution in [0.4, 0.5) is 4.79 Å². The number of carbonyl (C=O) groups is 2. The summed E-state index contributed by atoms with van der Waals surface area (Å²) in [5.74, 6) is -1.21. The Morgan fingerprint density at radius 1 is 1.29 bits per heavy atom. The summed E-state index contributed by atoms with van der Waals surface area (Å²) < 4.78 is 0. The molecule has 2 unspecified atom stereocenters. The van der Waals surface area contributed by atoms with Crippen molar-refractivity contribution in [3.05, 3.63) is 35.9 Å². The van der Waals surface area contributed by atoms with Gasteiger partial charge in [0, 0.05) is 13.1 Å². The molecule has 0 spiro atoms. The van der Waals surface area contributed by atoms with E-state index in [0.717, 1.165) is 5.56 Å². The number of likely N-dealkylation sites (tertiary alicyclic amines) is 1. The third-order valence-electron chi connectivity index (χ3n) is 4.35. The fourth-order valence-corrected chi connectivity index (χ4v) is 3.12. The molecule has 0 bridgehead atoms. The largest absolute Gasteiger partial charge is 0.481 e. The van der Waals surface area contributed by atoms with Gasteiger partial charge in [-0.3, -0.25) is 4.79 Å². The molecular formula is C15H20N2O4. The number of carboxylic acid groups (broad SMARTS) is 2. The van der Waals surface area contributed by atoms with Crippen LogP contribution in [0.5, 0.6) is 0 Å². The highest BCUT2D eigenvalue weighted by atomic mass is 16.4. The predicted octanol–water partition coefficient (Wildman–Crippen LogP) is 1.26. The van der Waals surface area contributed by atoms with Gasteiger partial charge in [0.1, 0.15) is 0 Å². The number of hydrogen-bond acceptors (Lipinski definition) is 3. The Kier molecular flexibility index (Phi) is 4.47. The van der Waals surface area contributed by atoms with E-state index in [0.29, 0.717) is 13.0 Å². The van der Waals surface area contributed by atoms with Crippen LogP contribution < -0.4 is 5.73 Å². The fraction of sp³-hybridized carbons (Fsp3) is 0.467. The Morgan fingerprint density at radius 3 is 2.48 bits per heavy atom. The number of amides is 1. The van der Waals surface area contributed by atoms with Gasteiger partial charge in [0.25, 0.3) is 0 Å². The standard InChI is InChI=1S/C15H20N2O4/c16-9-12-6-7-17(14(20)21)10-15(12,13(18)19)8-11-4-2-1-3-5-11/h1-5,12H,6-10,16H2,(H,18,19)(H,20,21). The molecule has 114 valence electrons. The zero-order valence-electron chi connectivity index (χ0n) is 11.7. The highest BCUT2D eigenvalue weighted by molar-refractivity contribution is 5.77. The number of hydrogen-bond donors (Lipinski definition) is 3. The van der Waals surface area contributed by atoms with Crippen molar-refractivity contribution in [3.8, 4) is 0 Å². The molecule has 1 aromatic rings.